The summed E-state index contributed by atoms with van der Waals surface area (Å²) in [6.07, 6.45) is 5.08. The maximum Gasteiger partial charge on any atom is 0.0919 e. The zero-order chi connectivity index (χ0) is 9.52. The summed E-state index contributed by atoms with van der Waals surface area (Å²) >= 11 is 11.1. The van der Waals surface area contributed by atoms with Crippen molar-refractivity contribution in [3.8, 4) is 0 Å². The predicted octanol–water partition coefficient (Wildman–Crippen LogP) is 3.40. The van der Waals surface area contributed by atoms with Gasteiger partial charge in [0.15, 0.2) is 0 Å². The van der Waals surface area contributed by atoms with E-state index in [-0.39, 0.29) is 0 Å². The Morgan fingerprint density at radius 2 is 1.54 bits per heavy atom. The van der Waals surface area contributed by atoms with Gasteiger partial charge in [-0.05, 0) is 24.3 Å². The van der Waals surface area contributed by atoms with E-state index in [2.05, 4.69) is 9.97 Å². The van der Waals surface area contributed by atoms with Gasteiger partial charge in [-0.1, -0.05) is 23.2 Å². The van der Waals surface area contributed by atoms with Crippen molar-refractivity contribution in [1.82, 2.24) is 9.97 Å². The smallest absolute Gasteiger partial charge is 0.0919 e. The van der Waals surface area contributed by atoms with Crippen molar-refractivity contribution in [2.45, 2.75) is 0 Å². The Labute approximate surface area is 86.5 Å². The van der Waals surface area contributed by atoms with Crippen LogP contribution in [-0.2, 0) is 0 Å². The molecule has 0 saturated heterocycles. The number of hydrogen-bond acceptors (Lipinski definition) is 1. The Hall–Kier alpha value is -0.990. The van der Waals surface area contributed by atoms with Crippen LogP contribution in [0.1, 0.15) is 0 Å². The van der Waals surface area contributed by atoms with Gasteiger partial charge in [0.25, 0.3) is 0 Å². The summed E-state index contributed by atoms with van der Waals surface area (Å²) in [5.41, 5.74) is 0. The standard InChI is InChI=1S/C6H4Cl2.C3H4N2/c7-5-1-2-6(8)4-3-5;1-2-5-3-4-1/h1-4H;1-3H,(H,4,5). The number of nitrogens with zero attached hydrogens (tertiary/aromatic N) is 1. The molecule has 1 aromatic carbocycles. The van der Waals surface area contributed by atoms with Gasteiger partial charge in [-0.2, -0.15) is 0 Å². The van der Waals surface area contributed by atoms with E-state index in [1.807, 2.05) is 0 Å². The van der Waals surface area contributed by atoms with E-state index in [0.29, 0.717) is 0 Å². The van der Waals surface area contributed by atoms with Crippen molar-refractivity contribution in [2.75, 3.05) is 0 Å². The van der Waals surface area contributed by atoms with Crippen molar-refractivity contribution in [1.29, 1.82) is 0 Å². The fraction of sp³-hybridized carbons (Fsp3) is 0. The summed E-state index contributed by atoms with van der Waals surface area (Å²) in [6, 6.07) is 7.02. The van der Waals surface area contributed by atoms with Crippen molar-refractivity contribution in [3.63, 3.8) is 0 Å². The normalized spacial score (nSPS) is 8.77. The first-order valence-electron chi connectivity index (χ1n) is 3.63. The summed E-state index contributed by atoms with van der Waals surface area (Å²) in [5, 5.41) is 1.43. The van der Waals surface area contributed by atoms with E-state index >= 15 is 0 Å². The number of aromatic nitrogens is 2. The molecule has 0 atom stereocenters. The SMILES string of the molecule is Clc1ccc(Cl)cc1.c1c[nH]cn1. The highest BCUT2D eigenvalue weighted by molar-refractivity contribution is 6.32. The van der Waals surface area contributed by atoms with E-state index in [9.17, 15) is 0 Å². The number of halogens is 2. The molecule has 0 aliphatic rings. The monoisotopic (exact) mass is 214 g/mol. The molecule has 0 unspecified atom stereocenters. The molecule has 0 aliphatic heterocycles. The summed E-state index contributed by atoms with van der Waals surface area (Å²) in [6.45, 7) is 0. The van der Waals surface area contributed by atoms with Crippen LogP contribution in [0.5, 0.6) is 0 Å². The third-order valence-electron chi connectivity index (χ3n) is 1.21. The predicted molar refractivity (Wildman–Crippen MR) is 55.0 cm³/mol. The van der Waals surface area contributed by atoms with Crippen LogP contribution >= 0.6 is 23.2 Å². The first-order chi connectivity index (χ1) is 6.29. The molecule has 13 heavy (non-hydrogen) atoms. The highest BCUT2D eigenvalue weighted by Gasteiger charge is 1.83. The summed E-state index contributed by atoms with van der Waals surface area (Å²) in [4.78, 5) is 6.42. The number of imidazole rings is 1. The number of aromatic amines is 1. The minimum Gasteiger partial charge on any atom is -0.351 e. The molecule has 0 fully saturated rings. The molecule has 1 heterocycles. The molecule has 68 valence electrons. The lowest BCUT2D eigenvalue weighted by atomic mass is 10.4. The zero-order valence-corrected chi connectivity index (χ0v) is 8.26. The Bertz CT molecular complexity index is 278. The van der Waals surface area contributed by atoms with E-state index in [0.717, 1.165) is 10.0 Å². The summed E-state index contributed by atoms with van der Waals surface area (Å²) < 4.78 is 0. The van der Waals surface area contributed by atoms with E-state index in [4.69, 9.17) is 23.2 Å². The van der Waals surface area contributed by atoms with Gasteiger partial charge in [-0.15, -0.1) is 0 Å². The molecule has 2 nitrogen and oxygen atoms in total. The number of H-pyrrole nitrogens is 1. The summed E-state index contributed by atoms with van der Waals surface area (Å²) in [7, 11) is 0. The maximum absolute atomic E-state index is 5.55. The van der Waals surface area contributed by atoms with Crippen LogP contribution < -0.4 is 0 Å². The van der Waals surface area contributed by atoms with Gasteiger partial charge in [0.1, 0.15) is 0 Å². The van der Waals surface area contributed by atoms with Crippen LogP contribution in [0.4, 0.5) is 0 Å². The van der Waals surface area contributed by atoms with Crippen LogP contribution in [0.25, 0.3) is 0 Å². The van der Waals surface area contributed by atoms with E-state index < -0.39 is 0 Å². The third-order valence-corrected chi connectivity index (χ3v) is 1.71. The minimum atomic E-state index is 0.717. The Kier molecular flexibility index (Phi) is 4.36. The third kappa shape index (κ3) is 4.55. The molecule has 0 radical (unpaired) electrons. The highest BCUT2D eigenvalue weighted by Crippen LogP contribution is 2.12. The Morgan fingerprint density at radius 3 is 1.77 bits per heavy atom. The molecule has 0 spiro atoms. The molecule has 1 aromatic heterocycles. The number of hydrogen-bond donors (Lipinski definition) is 1. The van der Waals surface area contributed by atoms with E-state index in [1.165, 1.54) is 0 Å². The second kappa shape index (κ2) is 5.62. The minimum absolute atomic E-state index is 0.717. The fourth-order valence-corrected chi connectivity index (χ4v) is 0.897. The molecule has 2 rings (SSSR count). The lowest BCUT2D eigenvalue weighted by Gasteiger charge is -1.86. The maximum atomic E-state index is 5.55. The number of rotatable bonds is 0. The van der Waals surface area contributed by atoms with Crippen LogP contribution in [0.3, 0.4) is 0 Å². The average molecular weight is 215 g/mol. The Balaban J connectivity index is 0.000000145. The number of benzene rings is 1. The first-order valence-corrected chi connectivity index (χ1v) is 4.38. The van der Waals surface area contributed by atoms with Crippen LogP contribution in [0, 0.1) is 0 Å². The zero-order valence-electron chi connectivity index (χ0n) is 6.74. The lowest BCUT2D eigenvalue weighted by Crippen LogP contribution is -1.60. The van der Waals surface area contributed by atoms with Crippen molar-refractivity contribution < 1.29 is 0 Å². The molecule has 0 saturated carbocycles. The highest BCUT2D eigenvalue weighted by atomic mass is 35.5. The quantitative estimate of drug-likeness (QED) is 0.716. The largest absolute Gasteiger partial charge is 0.351 e. The lowest BCUT2D eigenvalue weighted by molar-refractivity contribution is 1.31. The average Bonchev–Trinajstić information content (AvgIpc) is 2.68. The van der Waals surface area contributed by atoms with Gasteiger partial charge in [-0.25, -0.2) is 4.98 Å². The van der Waals surface area contributed by atoms with Gasteiger partial charge in [0.05, 0.1) is 6.33 Å². The molecule has 0 amide bonds. The van der Waals surface area contributed by atoms with Gasteiger partial charge in [0, 0.05) is 22.4 Å². The molecular formula is C9H8Cl2N2. The van der Waals surface area contributed by atoms with Crippen LogP contribution in [-0.4, -0.2) is 9.97 Å². The van der Waals surface area contributed by atoms with Crippen LogP contribution in [0.2, 0.25) is 10.0 Å². The molecule has 0 bridgehead atoms. The first kappa shape index (κ1) is 10.1. The number of nitrogens with one attached hydrogen (secondary N) is 1. The van der Waals surface area contributed by atoms with E-state index in [1.54, 1.807) is 43.0 Å². The van der Waals surface area contributed by atoms with Crippen molar-refractivity contribution in [2.24, 2.45) is 0 Å². The second-order valence-electron chi connectivity index (χ2n) is 2.20. The van der Waals surface area contributed by atoms with Gasteiger partial charge in [0.2, 0.25) is 0 Å². The summed E-state index contributed by atoms with van der Waals surface area (Å²) in [5.74, 6) is 0. The topological polar surface area (TPSA) is 28.7 Å². The Morgan fingerprint density at radius 1 is 1.00 bits per heavy atom. The molecule has 4 heteroatoms. The molecular weight excluding hydrogens is 207 g/mol. The molecule has 1 N–H and O–H groups in total. The molecule has 0 aliphatic carbocycles. The molecule has 2 aromatic rings. The fourth-order valence-electron chi connectivity index (χ4n) is 0.645. The van der Waals surface area contributed by atoms with Crippen molar-refractivity contribution in [3.05, 3.63) is 53.0 Å². The van der Waals surface area contributed by atoms with Gasteiger partial charge in [-0.3, -0.25) is 0 Å². The van der Waals surface area contributed by atoms with Gasteiger partial charge >= 0.3 is 0 Å². The second-order valence-corrected chi connectivity index (χ2v) is 3.07. The van der Waals surface area contributed by atoms with Crippen molar-refractivity contribution >= 4 is 23.2 Å². The van der Waals surface area contributed by atoms with Crippen LogP contribution in [0.15, 0.2) is 43.0 Å². The van der Waals surface area contributed by atoms with Gasteiger partial charge < -0.3 is 4.98 Å².